The molecule has 0 fully saturated rings. The number of hydrogen-bond acceptors (Lipinski definition) is 3. The monoisotopic (exact) mass is 282 g/mol. The number of fused-ring (bicyclic) bond motifs is 1. The molecule has 0 saturated heterocycles. The second-order valence-corrected chi connectivity index (χ2v) is 4.89. The number of aryl methyl sites for hydroxylation is 1. The zero-order valence-electron chi connectivity index (χ0n) is 8.95. The van der Waals surface area contributed by atoms with Crippen LogP contribution in [0.4, 0.5) is 5.69 Å². The standard InChI is InChI=1S/C11H11BrN2O2/c1-6(12)11(15)14-8-3-4-10-9(5-8)13-7(2)16-10/h3-6H,1-2H3,(H,14,15). The Morgan fingerprint density at radius 2 is 2.31 bits per heavy atom. The molecule has 2 aromatic rings. The molecule has 1 atom stereocenters. The van der Waals surface area contributed by atoms with Crippen molar-refractivity contribution in [2.24, 2.45) is 0 Å². The van der Waals surface area contributed by atoms with Gasteiger partial charge >= 0.3 is 0 Å². The van der Waals surface area contributed by atoms with Crippen molar-refractivity contribution in [2.45, 2.75) is 18.7 Å². The van der Waals surface area contributed by atoms with Gasteiger partial charge in [0.05, 0.1) is 4.83 Å². The zero-order chi connectivity index (χ0) is 11.7. The Balaban J connectivity index is 2.29. The van der Waals surface area contributed by atoms with Gasteiger partial charge in [-0.2, -0.15) is 0 Å². The molecule has 1 aromatic carbocycles. The van der Waals surface area contributed by atoms with Crippen LogP contribution in [0.3, 0.4) is 0 Å². The first-order valence-electron chi connectivity index (χ1n) is 4.88. The van der Waals surface area contributed by atoms with Crippen LogP contribution in [-0.4, -0.2) is 15.7 Å². The molecule has 16 heavy (non-hydrogen) atoms. The first kappa shape index (κ1) is 11.1. The number of amides is 1. The highest BCUT2D eigenvalue weighted by Crippen LogP contribution is 2.20. The summed E-state index contributed by atoms with van der Waals surface area (Å²) in [6.07, 6.45) is 0. The number of aromatic nitrogens is 1. The van der Waals surface area contributed by atoms with E-state index in [9.17, 15) is 4.79 Å². The van der Waals surface area contributed by atoms with E-state index in [4.69, 9.17) is 4.42 Å². The lowest BCUT2D eigenvalue weighted by Gasteiger charge is -2.05. The second-order valence-electron chi connectivity index (χ2n) is 3.52. The first-order valence-corrected chi connectivity index (χ1v) is 5.80. The van der Waals surface area contributed by atoms with Crippen LogP contribution in [-0.2, 0) is 4.79 Å². The Hall–Kier alpha value is -1.36. The highest BCUT2D eigenvalue weighted by molar-refractivity contribution is 9.10. The van der Waals surface area contributed by atoms with Crippen molar-refractivity contribution in [3.8, 4) is 0 Å². The second kappa shape index (κ2) is 4.25. The fourth-order valence-electron chi connectivity index (χ4n) is 1.36. The first-order chi connectivity index (χ1) is 7.56. The summed E-state index contributed by atoms with van der Waals surface area (Å²) >= 11 is 3.20. The van der Waals surface area contributed by atoms with E-state index in [1.165, 1.54) is 0 Å². The third-order valence-corrected chi connectivity index (χ3v) is 2.54. The molecular weight excluding hydrogens is 272 g/mol. The topological polar surface area (TPSA) is 55.1 Å². The lowest BCUT2D eigenvalue weighted by atomic mass is 10.3. The van der Waals surface area contributed by atoms with Crippen molar-refractivity contribution >= 4 is 38.6 Å². The molecule has 0 saturated carbocycles. The fraction of sp³-hybridized carbons (Fsp3) is 0.273. The van der Waals surface area contributed by atoms with E-state index in [0.717, 1.165) is 16.8 Å². The minimum Gasteiger partial charge on any atom is -0.441 e. The fourth-order valence-corrected chi connectivity index (χ4v) is 1.48. The third kappa shape index (κ3) is 2.24. The number of benzene rings is 1. The minimum absolute atomic E-state index is 0.0837. The van der Waals surface area contributed by atoms with Gasteiger partial charge in [0.15, 0.2) is 11.5 Å². The molecule has 4 nitrogen and oxygen atoms in total. The minimum atomic E-state index is -0.220. The molecule has 1 unspecified atom stereocenters. The maximum Gasteiger partial charge on any atom is 0.237 e. The van der Waals surface area contributed by atoms with Crippen LogP contribution < -0.4 is 5.32 Å². The van der Waals surface area contributed by atoms with Gasteiger partial charge < -0.3 is 9.73 Å². The predicted molar refractivity (Wildman–Crippen MR) is 65.8 cm³/mol. The normalized spacial score (nSPS) is 12.7. The Morgan fingerprint density at radius 1 is 1.56 bits per heavy atom. The summed E-state index contributed by atoms with van der Waals surface area (Å²) in [5.41, 5.74) is 2.19. The number of carbonyl (C=O) groups is 1. The van der Waals surface area contributed by atoms with Crippen LogP contribution in [0.5, 0.6) is 0 Å². The van der Waals surface area contributed by atoms with Gasteiger partial charge in [-0.05, 0) is 25.1 Å². The highest BCUT2D eigenvalue weighted by atomic mass is 79.9. The van der Waals surface area contributed by atoms with Gasteiger partial charge in [0.2, 0.25) is 5.91 Å². The largest absolute Gasteiger partial charge is 0.441 e. The molecule has 5 heteroatoms. The van der Waals surface area contributed by atoms with E-state index in [1.54, 1.807) is 32.0 Å². The number of alkyl halides is 1. The van der Waals surface area contributed by atoms with Gasteiger partial charge in [-0.15, -0.1) is 0 Å². The lowest BCUT2D eigenvalue weighted by molar-refractivity contribution is -0.115. The van der Waals surface area contributed by atoms with E-state index in [-0.39, 0.29) is 10.7 Å². The van der Waals surface area contributed by atoms with Gasteiger partial charge in [0.1, 0.15) is 5.52 Å². The maximum absolute atomic E-state index is 11.5. The van der Waals surface area contributed by atoms with E-state index >= 15 is 0 Å². The van der Waals surface area contributed by atoms with Crippen LogP contribution in [0.1, 0.15) is 12.8 Å². The molecule has 2 rings (SSSR count). The van der Waals surface area contributed by atoms with E-state index in [0.29, 0.717) is 5.89 Å². The van der Waals surface area contributed by atoms with Gasteiger partial charge in [0.25, 0.3) is 0 Å². The smallest absolute Gasteiger partial charge is 0.237 e. The highest BCUT2D eigenvalue weighted by Gasteiger charge is 2.09. The van der Waals surface area contributed by atoms with Crippen molar-refractivity contribution in [2.75, 3.05) is 5.32 Å². The van der Waals surface area contributed by atoms with Gasteiger partial charge in [-0.25, -0.2) is 4.98 Å². The van der Waals surface area contributed by atoms with Crippen LogP contribution in [0.25, 0.3) is 11.1 Å². The quantitative estimate of drug-likeness (QED) is 0.862. The van der Waals surface area contributed by atoms with Crippen LogP contribution in [0.15, 0.2) is 22.6 Å². The van der Waals surface area contributed by atoms with Crippen LogP contribution >= 0.6 is 15.9 Å². The number of halogens is 1. The SMILES string of the molecule is Cc1nc2cc(NC(=O)C(C)Br)ccc2o1. The summed E-state index contributed by atoms with van der Waals surface area (Å²) in [5, 5.41) is 2.78. The molecule has 0 aliphatic rings. The zero-order valence-corrected chi connectivity index (χ0v) is 10.5. The summed E-state index contributed by atoms with van der Waals surface area (Å²) in [6.45, 7) is 3.56. The van der Waals surface area contributed by atoms with Crippen molar-refractivity contribution in [1.82, 2.24) is 4.98 Å². The summed E-state index contributed by atoms with van der Waals surface area (Å²) in [6, 6.07) is 5.38. The summed E-state index contributed by atoms with van der Waals surface area (Å²) in [5.74, 6) is 0.534. The molecule has 1 aromatic heterocycles. The number of nitrogens with zero attached hydrogens (tertiary/aromatic N) is 1. The Labute approximate surface area is 101 Å². The Morgan fingerprint density at radius 3 is 3.00 bits per heavy atom. The average Bonchev–Trinajstić information content (AvgIpc) is 2.57. The van der Waals surface area contributed by atoms with Crippen LogP contribution in [0, 0.1) is 6.92 Å². The average molecular weight is 283 g/mol. The van der Waals surface area contributed by atoms with Gasteiger partial charge in [0, 0.05) is 12.6 Å². The molecule has 0 aliphatic carbocycles. The Kier molecular flexibility index (Phi) is 2.96. The van der Waals surface area contributed by atoms with E-state index in [1.807, 2.05) is 0 Å². The Bertz CT molecular complexity index is 534. The van der Waals surface area contributed by atoms with Gasteiger partial charge in [-0.3, -0.25) is 4.79 Å². The number of hydrogen-bond donors (Lipinski definition) is 1. The number of oxazole rings is 1. The van der Waals surface area contributed by atoms with Crippen molar-refractivity contribution in [3.63, 3.8) is 0 Å². The van der Waals surface area contributed by atoms with Crippen molar-refractivity contribution in [1.29, 1.82) is 0 Å². The van der Waals surface area contributed by atoms with E-state index in [2.05, 4.69) is 26.2 Å². The maximum atomic E-state index is 11.5. The van der Waals surface area contributed by atoms with Crippen molar-refractivity contribution in [3.05, 3.63) is 24.1 Å². The molecule has 0 spiro atoms. The molecule has 1 N–H and O–H groups in total. The van der Waals surface area contributed by atoms with E-state index < -0.39 is 0 Å². The number of nitrogens with one attached hydrogen (secondary N) is 1. The molecule has 0 radical (unpaired) electrons. The molecule has 1 amide bonds. The van der Waals surface area contributed by atoms with Crippen LogP contribution in [0.2, 0.25) is 0 Å². The molecule has 0 bridgehead atoms. The molecule has 0 aliphatic heterocycles. The third-order valence-electron chi connectivity index (χ3n) is 2.12. The predicted octanol–water partition coefficient (Wildman–Crippen LogP) is 2.86. The lowest BCUT2D eigenvalue weighted by Crippen LogP contribution is -2.19. The summed E-state index contributed by atoms with van der Waals surface area (Å²) < 4.78 is 5.34. The molecule has 1 heterocycles. The summed E-state index contributed by atoms with van der Waals surface area (Å²) in [4.78, 5) is 15.4. The van der Waals surface area contributed by atoms with Crippen molar-refractivity contribution < 1.29 is 9.21 Å². The number of rotatable bonds is 2. The molecular formula is C11H11BrN2O2. The summed E-state index contributed by atoms with van der Waals surface area (Å²) in [7, 11) is 0. The molecule has 84 valence electrons. The number of carbonyl (C=O) groups excluding carboxylic acids is 1. The van der Waals surface area contributed by atoms with Gasteiger partial charge in [-0.1, -0.05) is 15.9 Å². The number of anilines is 1.